The highest BCUT2D eigenvalue weighted by Gasteiger charge is 2.36. The van der Waals surface area contributed by atoms with Gasteiger partial charge in [0, 0.05) is 85.0 Å². The second-order valence-corrected chi connectivity index (χ2v) is 89.5. The lowest BCUT2D eigenvalue weighted by molar-refractivity contribution is -0.119. The topological polar surface area (TPSA) is 266 Å². The smallest absolute Gasteiger partial charge is 0.336 e. The van der Waals surface area contributed by atoms with Crippen molar-refractivity contribution in [3.05, 3.63) is 119 Å². The van der Waals surface area contributed by atoms with Gasteiger partial charge in [0.15, 0.2) is 81.3 Å². The minimum absolute atomic E-state index is 0.0408. The first-order valence-corrected chi connectivity index (χ1v) is 76.4. The summed E-state index contributed by atoms with van der Waals surface area (Å²) in [5, 5.41) is 41.2. The standard InChI is InChI=1S/C18H30O4SSi2.C16H34O3Si2.C13H21ClO3SSi2.C10H13ClO2SSi.C7H16ClNOSi.C7H6O2S.C6H16Cl2OSi2/c1-15(19)10-8-9-13-24(2,3)22-25(4,5)14-23-17-12-7-6-11-16(17)18(20)21;1-15(17)11-7-9-13-20(3,4)19-21(5,6)14-10-8-12-16(2)18;1-19(2,9-14)17-20(3,4)10-18-12-8-6-5-7-11(12)13(15)16;1-15(2,11)7-14-9-6-4-3-5-8(9)10(12)13;1-7(10)9-5-4-6-11(2,3)8;8-7(9)5-3-1-2-4-6(5)10;1-10(2,5-7)9-11(3,4)6-8/h6-7,11-12H,8-10,13-14H2,1-5H3,(H,20,21);7-14H2,1-6H3;5-8H,9-10H2,1-4H3,(H,15,16);3-6H,7H2,1-2H3,(H,12,13);4-6H2,1-3H3,(H,9,10);1-4,10H,(H,8,9);5-6H2,1-4H3. The van der Waals surface area contributed by atoms with Crippen LogP contribution in [-0.2, 0) is 35.6 Å². The molecule has 0 bridgehead atoms. The summed E-state index contributed by atoms with van der Waals surface area (Å²) < 4.78 is 25.3. The van der Waals surface area contributed by atoms with E-state index in [-0.39, 0.29) is 28.8 Å². The van der Waals surface area contributed by atoms with Crippen molar-refractivity contribution in [2.45, 2.75) is 267 Å². The molecule has 1 amide bonds. The van der Waals surface area contributed by atoms with Gasteiger partial charge in [-0.1, -0.05) is 94.0 Å². The zero-order valence-corrected chi connectivity index (χ0v) is 89.0. The van der Waals surface area contributed by atoms with E-state index >= 15 is 0 Å². The molecule has 0 spiro atoms. The number of ketones is 3. The Morgan fingerprint density at radius 3 is 0.850 bits per heavy atom. The Morgan fingerprint density at radius 2 is 0.602 bits per heavy atom. The number of Topliss-reactive ketones (excluding diaryl/α,β-unsaturated/α-hetero) is 3. The van der Waals surface area contributed by atoms with Crippen LogP contribution in [0.15, 0.2) is 117 Å². The highest BCUT2D eigenvalue weighted by molar-refractivity contribution is 8.01. The molecule has 0 atom stereocenters. The summed E-state index contributed by atoms with van der Waals surface area (Å²) in [6.45, 7) is 50.7. The van der Waals surface area contributed by atoms with Gasteiger partial charge in [0.1, 0.15) is 17.3 Å². The van der Waals surface area contributed by atoms with Crippen molar-refractivity contribution in [1.82, 2.24) is 5.32 Å². The number of amides is 1. The normalized spacial score (nSPS) is 12.0. The molecule has 17 nitrogen and oxygen atoms in total. The van der Waals surface area contributed by atoms with Gasteiger partial charge in [-0.3, -0.25) is 4.79 Å². The minimum atomic E-state index is -1.90. The van der Waals surface area contributed by atoms with Gasteiger partial charge in [0.2, 0.25) is 5.91 Å². The van der Waals surface area contributed by atoms with Crippen LogP contribution >= 0.6 is 105 Å². The number of carbonyl (C=O) groups excluding carboxylic acids is 4. The van der Waals surface area contributed by atoms with Crippen LogP contribution in [0.5, 0.6) is 0 Å². The van der Waals surface area contributed by atoms with Crippen molar-refractivity contribution >= 4 is 233 Å². The third-order valence-electron chi connectivity index (χ3n) is 15.4. The molecule has 4 aromatic rings. The predicted octanol–water partition coefficient (Wildman–Crippen LogP) is 24.4. The van der Waals surface area contributed by atoms with E-state index in [0.717, 1.165) is 106 Å². The number of aromatic carboxylic acids is 4. The van der Waals surface area contributed by atoms with Crippen LogP contribution in [0.1, 0.15) is 133 Å². The van der Waals surface area contributed by atoms with Gasteiger partial charge in [0.25, 0.3) is 0 Å². The number of hydrogen-bond donors (Lipinski definition) is 6. The molecule has 4 aromatic carbocycles. The summed E-state index contributed by atoms with van der Waals surface area (Å²) >= 11 is 38.4. The van der Waals surface area contributed by atoms with Crippen LogP contribution in [-0.4, -0.2) is 188 Å². The molecule has 0 saturated heterocycles. The van der Waals surface area contributed by atoms with Crippen LogP contribution in [0.2, 0.25) is 155 Å². The highest BCUT2D eigenvalue weighted by atomic mass is 35.6. The average molecular weight is 1920 g/mol. The van der Waals surface area contributed by atoms with Crippen LogP contribution in [0, 0.1) is 0 Å². The Bertz CT molecular complexity index is 3480. The summed E-state index contributed by atoms with van der Waals surface area (Å²) in [4.78, 5) is 90.1. The molecule has 0 fully saturated rings. The van der Waals surface area contributed by atoms with E-state index in [0.29, 0.717) is 57.4 Å². The highest BCUT2D eigenvalue weighted by Crippen LogP contribution is 2.33. The van der Waals surface area contributed by atoms with E-state index in [1.165, 1.54) is 24.8 Å². The number of nitrogens with one attached hydrogen (secondary N) is 1. The molecule has 0 unspecified atom stereocenters. The van der Waals surface area contributed by atoms with Crippen LogP contribution in [0.25, 0.3) is 0 Å². The Labute approximate surface area is 732 Å². The number of halogens is 5. The summed E-state index contributed by atoms with van der Waals surface area (Å²) in [5.41, 5.74) is 3.21. The number of carbonyl (C=O) groups is 8. The number of carboxylic acids is 4. The molecule has 113 heavy (non-hydrogen) atoms. The van der Waals surface area contributed by atoms with E-state index in [1.807, 2.05) is 49.5 Å². The van der Waals surface area contributed by atoms with Gasteiger partial charge in [0.05, 0.1) is 22.3 Å². The third-order valence-corrected chi connectivity index (χ3v) is 61.0. The lowest BCUT2D eigenvalue weighted by atomic mass is 10.2. The largest absolute Gasteiger partial charge is 0.478 e. The molecule has 0 radical (unpaired) electrons. The molecule has 5 N–H and O–H groups in total. The number of unbranched alkanes of at least 4 members (excludes halogenated alkanes) is 3. The van der Waals surface area contributed by atoms with Crippen molar-refractivity contribution in [2.75, 3.05) is 39.2 Å². The molecule has 0 heterocycles. The lowest BCUT2D eigenvalue weighted by Gasteiger charge is -2.34. The Kier molecular flexibility index (Phi) is 58.5. The second kappa shape index (κ2) is 57.4. The fourth-order valence-corrected chi connectivity index (χ4v) is 52.3. The molecule has 0 aliphatic rings. The molecule has 36 heteroatoms. The van der Waals surface area contributed by atoms with E-state index in [9.17, 15) is 48.6 Å². The molecule has 0 saturated carbocycles. The van der Waals surface area contributed by atoms with Crippen molar-refractivity contribution in [3.63, 3.8) is 0 Å². The van der Waals surface area contributed by atoms with Crippen LogP contribution in [0.3, 0.4) is 0 Å². The molecule has 0 aliphatic heterocycles. The number of alkyl halides is 3. The Morgan fingerprint density at radius 1 is 0.345 bits per heavy atom. The number of rotatable bonds is 43. The maximum atomic E-state index is 11.3. The van der Waals surface area contributed by atoms with Crippen molar-refractivity contribution in [1.29, 1.82) is 0 Å². The molecule has 4 rings (SSSR count). The monoisotopic (exact) mass is 1910 g/mol. The third kappa shape index (κ3) is 64.6. The first kappa shape index (κ1) is 115. The number of thioether (sulfide) groups is 3. The number of benzene rings is 4. The molecule has 644 valence electrons. The molecular formula is C77H136Cl5NO16S4Si10. The van der Waals surface area contributed by atoms with Crippen molar-refractivity contribution in [2.24, 2.45) is 0 Å². The second-order valence-electron chi connectivity index (χ2n) is 33.7. The molecule has 0 aliphatic carbocycles. The fourth-order valence-electron chi connectivity index (χ4n) is 10.5. The Hall–Kier alpha value is -1.90. The quantitative estimate of drug-likeness (QED) is 0.00600. The van der Waals surface area contributed by atoms with Gasteiger partial charge < -0.3 is 56.6 Å². The van der Waals surface area contributed by atoms with E-state index in [2.05, 4.69) is 136 Å². The van der Waals surface area contributed by atoms with Gasteiger partial charge in [-0.15, -0.1) is 82.7 Å². The number of hydrogen-bond acceptors (Lipinski definition) is 16. The first-order chi connectivity index (χ1) is 51.6. The first-order valence-electron chi connectivity index (χ1n) is 38.1. The predicted molar refractivity (Wildman–Crippen MR) is 512 cm³/mol. The van der Waals surface area contributed by atoms with Gasteiger partial charge in [-0.25, -0.2) is 19.2 Å². The summed E-state index contributed by atoms with van der Waals surface area (Å²) in [6, 6.07) is 32.2. The van der Waals surface area contributed by atoms with Crippen molar-refractivity contribution < 1.29 is 75.2 Å². The summed E-state index contributed by atoms with van der Waals surface area (Å²) in [5.74, 6) is -2.72. The summed E-state index contributed by atoms with van der Waals surface area (Å²) in [7, 11) is -16.8. The minimum Gasteiger partial charge on any atom is -0.478 e. The van der Waals surface area contributed by atoms with Gasteiger partial charge in [-0.05, 0) is 224 Å². The van der Waals surface area contributed by atoms with Crippen molar-refractivity contribution in [3.8, 4) is 0 Å². The van der Waals surface area contributed by atoms with E-state index < -0.39 is 105 Å². The maximum Gasteiger partial charge on any atom is 0.336 e. The maximum absolute atomic E-state index is 11.3. The lowest BCUT2D eigenvalue weighted by Crippen LogP contribution is -2.47. The number of thiol groups is 1. The summed E-state index contributed by atoms with van der Waals surface area (Å²) in [6.07, 6.45) is 9.25. The van der Waals surface area contributed by atoms with E-state index in [4.69, 9.17) is 83.6 Å². The van der Waals surface area contributed by atoms with E-state index in [1.54, 1.807) is 98.9 Å². The Balaban J connectivity index is -0.00000128. The average Bonchev–Trinajstić information content (AvgIpc) is 0.894. The zero-order chi connectivity index (χ0) is 88.1. The molecule has 0 aromatic heterocycles. The van der Waals surface area contributed by atoms with Gasteiger partial charge in [-0.2, -0.15) is 22.2 Å². The van der Waals surface area contributed by atoms with Crippen LogP contribution in [0.4, 0.5) is 0 Å². The van der Waals surface area contributed by atoms with Gasteiger partial charge >= 0.3 is 23.9 Å². The molecular weight excluding hydrogens is 1780 g/mol. The number of carboxylic acid groups (broad SMARTS) is 4. The fraction of sp³-hybridized carbons (Fsp3) is 0.584. The van der Waals surface area contributed by atoms with Crippen LogP contribution < -0.4 is 5.32 Å². The zero-order valence-electron chi connectivity index (χ0n) is 71.8. The SMILES string of the molecule is CC(=O)CCCC[Si](C)(C)O[Si](C)(C)CCCCC(C)=O.CC(=O)CCCC[Si](C)(C)O[Si](C)(C)CSc1ccccc1C(=O)O.CC(=O)NCCC[Si](C)(C)Cl.C[Si](C)(CCl)O[Si](C)(C)CCl.C[Si](C)(CCl)O[Si](C)(C)CSc1ccccc1C(=O)O.C[Si](C)(Cl)CSc1ccccc1C(=O)O.O=C(O)c1ccccc1S.